The van der Waals surface area contributed by atoms with Crippen molar-refractivity contribution in [3.63, 3.8) is 0 Å². The number of ether oxygens (including phenoxy) is 1. The van der Waals surface area contributed by atoms with Crippen LogP contribution in [0.25, 0.3) is 6.08 Å². The summed E-state index contributed by atoms with van der Waals surface area (Å²) < 4.78 is 18.0. The van der Waals surface area contributed by atoms with E-state index in [1.165, 1.54) is 31.5 Å². The lowest BCUT2D eigenvalue weighted by Gasteiger charge is -2.28. The predicted octanol–water partition coefficient (Wildman–Crippen LogP) is 1.14. The average molecular weight is 282 g/mol. The van der Waals surface area contributed by atoms with E-state index in [1.807, 2.05) is 0 Å². The van der Waals surface area contributed by atoms with Crippen molar-refractivity contribution < 1.29 is 19.0 Å². The first-order chi connectivity index (χ1) is 9.49. The number of rotatable bonds is 7. The van der Waals surface area contributed by atoms with Crippen molar-refractivity contribution in [3.05, 3.63) is 35.9 Å². The smallest absolute Gasteiger partial charge is 0.244 e. The maximum Gasteiger partial charge on any atom is 0.244 e. The fourth-order valence-electron chi connectivity index (χ4n) is 1.77. The molecule has 0 fully saturated rings. The molecule has 0 spiro atoms. The number of halogens is 1. The van der Waals surface area contributed by atoms with E-state index < -0.39 is 11.4 Å². The second-order valence-electron chi connectivity index (χ2n) is 4.73. The Hall–Kier alpha value is -1.79. The van der Waals surface area contributed by atoms with Crippen LogP contribution in [0.15, 0.2) is 24.5 Å². The van der Waals surface area contributed by atoms with Crippen LogP contribution >= 0.6 is 0 Å². The largest absolute Gasteiger partial charge is 0.396 e. The third kappa shape index (κ3) is 5.46. The summed E-state index contributed by atoms with van der Waals surface area (Å²) >= 11 is 0. The second kappa shape index (κ2) is 7.72. The van der Waals surface area contributed by atoms with Gasteiger partial charge in [0, 0.05) is 26.0 Å². The van der Waals surface area contributed by atoms with Crippen molar-refractivity contribution in [1.29, 1.82) is 0 Å². The van der Waals surface area contributed by atoms with E-state index in [1.54, 1.807) is 6.92 Å². The zero-order valence-corrected chi connectivity index (χ0v) is 11.6. The molecule has 1 aromatic heterocycles. The minimum atomic E-state index is -0.648. The quantitative estimate of drug-likeness (QED) is 0.736. The van der Waals surface area contributed by atoms with Crippen LogP contribution in [0, 0.1) is 5.82 Å². The van der Waals surface area contributed by atoms with Gasteiger partial charge in [0.1, 0.15) is 5.82 Å². The molecule has 1 aromatic rings. The number of hydrogen-bond acceptors (Lipinski definition) is 4. The lowest BCUT2D eigenvalue weighted by atomic mass is 9.99. The SMILES string of the molecule is COCC(C)(CCO)NC(=O)/C=C/c1cncc(F)c1. The monoisotopic (exact) mass is 282 g/mol. The lowest BCUT2D eigenvalue weighted by Crippen LogP contribution is -2.49. The van der Waals surface area contributed by atoms with Crippen LogP contribution in [0.3, 0.4) is 0 Å². The number of hydrogen-bond donors (Lipinski definition) is 2. The minimum absolute atomic E-state index is 0.0579. The van der Waals surface area contributed by atoms with Gasteiger partial charge in [-0.2, -0.15) is 0 Å². The van der Waals surface area contributed by atoms with Crippen molar-refractivity contribution in [2.24, 2.45) is 0 Å². The molecule has 0 aliphatic rings. The van der Waals surface area contributed by atoms with E-state index in [9.17, 15) is 9.18 Å². The van der Waals surface area contributed by atoms with Gasteiger partial charge in [0.05, 0.1) is 18.3 Å². The highest BCUT2D eigenvalue weighted by atomic mass is 19.1. The van der Waals surface area contributed by atoms with Crippen LogP contribution < -0.4 is 5.32 Å². The third-order valence-corrected chi connectivity index (χ3v) is 2.70. The van der Waals surface area contributed by atoms with Crippen molar-refractivity contribution >= 4 is 12.0 Å². The van der Waals surface area contributed by atoms with Crippen LogP contribution in [0.4, 0.5) is 4.39 Å². The highest BCUT2D eigenvalue weighted by Gasteiger charge is 2.24. The number of nitrogens with zero attached hydrogens (tertiary/aromatic N) is 1. The first-order valence-electron chi connectivity index (χ1n) is 6.20. The zero-order valence-electron chi connectivity index (χ0n) is 11.6. The van der Waals surface area contributed by atoms with Gasteiger partial charge in [0.25, 0.3) is 0 Å². The van der Waals surface area contributed by atoms with Gasteiger partial charge in [-0.3, -0.25) is 9.78 Å². The molecule has 0 saturated carbocycles. The molecule has 5 nitrogen and oxygen atoms in total. The molecular weight excluding hydrogens is 263 g/mol. The Kier molecular flexibility index (Phi) is 6.27. The minimum Gasteiger partial charge on any atom is -0.396 e. The summed E-state index contributed by atoms with van der Waals surface area (Å²) in [6.07, 6.45) is 5.69. The maximum absolute atomic E-state index is 12.9. The molecular formula is C14H19FN2O3. The van der Waals surface area contributed by atoms with Gasteiger partial charge in [-0.15, -0.1) is 0 Å². The van der Waals surface area contributed by atoms with Crippen molar-refractivity contribution in [3.8, 4) is 0 Å². The molecule has 1 unspecified atom stereocenters. The molecule has 110 valence electrons. The number of aliphatic hydroxyl groups is 1. The number of carbonyl (C=O) groups excluding carboxylic acids is 1. The molecule has 0 aromatic carbocycles. The summed E-state index contributed by atoms with van der Waals surface area (Å²) in [5.74, 6) is -0.806. The van der Waals surface area contributed by atoms with E-state index in [-0.39, 0.29) is 19.1 Å². The number of carbonyl (C=O) groups is 1. The number of nitrogens with one attached hydrogen (secondary N) is 1. The second-order valence-corrected chi connectivity index (χ2v) is 4.73. The van der Waals surface area contributed by atoms with Gasteiger partial charge < -0.3 is 15.2 Å². The van der Waals surface area contributed by atoms with Crippen LogP contribution in [-0.4, -0.2) is 41.9 Å². The highest BCUT2D eigenvalue weighted by molar-refractivity contribution is 5.92. The van der Waals surface area contributed by atoms with Gasteiger partial charge >= 0.3 is 0 Å². The molecule has 1 atom stereocenters. The molecule has 1 rings (SSSR count). The Balaban J connectivity index is 2.66. The Morgan fingerprint density at radius 3 is 2.95 bits per heavy atom. The van der Waals surface area contributed by atoms with E-state index in [0.29, 0.717) is 12.0 Å². The number of pyridine rings is 1. The van der Waals surface area contributed by atoms with Crippen LogP contribution in [0.2, 0.25) is 0 Å². The van der Waals surface area contributed by atoms with Crippen LogP contribution in [-0.2, 0) is 9.53 Å². The normalized spacial score (nSPS) is 14.2. The topological polar surface area (TPSA) is 71.5 Å². The van der Waals surface area contributed by atoms with E-state index in [4.69, 9.17) is 9.84 Å². The molecule has 0 bridgehead atoms. The van der Waals surface area contributed by atoms with E-state index in [0.717, 1.165) is 6.20 Å². The molecule has 1 amide bonds. The molecule has 6 heteroatoms. The van der Waals surface area contributed by atoms with Gasteiger partial charge in [-0.25, -0.2) is 4.39 Å². The van der Waals surface area contributed by atoms with Crippen LogP contribution in [0.5, 0.6) is 0 Å². The Morgan fingerprint density at radius 1 is 1.60 bits per heavy atom. The Bertz CT molecular complexity index is 471. The van der Waals surface area contributed by atoms with E-state index in [2.05, 4.69) is 10.3 Å². The standard InChI is InChI=1S/C14H19FN2O3/c1-14(5-6-18,10-20-2)17-13(19)4-3-11-7-12(15)9-16-8-11/h3-4,7-9,18H,5-6,10H2,1-2H3,(H,17,19)/b4-3+. The van der Waals surface area contributed by atoms with Crippen LogP contribution in [0.1, 0.15) is 18.9 Å². The van der Waals surface area contributed by atoms with Crippen molar-refractivity contribution in [2.75, 3.05) is 20.3 Å². The molecule has 2 N–H and O–H groups in total. The third-order valence-electron chi connectivity index (χ3n) is 2.70. The maximum atomic E-state index is 12.9. The number of methoxy groups -OCH3 is 1. The van der Waals surface area contributed by atoms with E-state index >= 15 is 0 Å². The molecule has 0 aliphatic carbocycles. The summed E-state index contributed by atoms with van der Waals surface area (Å²) in [4.78, 5) is 15.5. The van der Waals surface area contributed by atoms with Gasteiger partial charge in [0.2, 0.25) is 5.91 Å². The van der Waals surface area contributed by atoms with Gasteiger partial charge in [-0.1, -0.05) is 0 Å². The van der Waals surface area contributed by atoms with Crippen molar-refractivity contribution in [1.82, 2.24) is 10.3 Å². The first-order valence-corrected chi connectivity index (χ1v) is 6.20. The highest BCUT2D eigenvalue weighted by Crippen LogP contribution is 2.10. The first kappa shape index (κ1) is 16.3. The summed E-state index contributed by atoms with van der Waals surface area (Å²) in [6, 6.07) is 1.28. The summed E-state index contributed by atoms with van der Waals surface area (Å²) in [7, 11) is 1.52. The predicted molar refractivity (Wildman–Crippen MR) is 73.4 cm³/mol. The summed E-state index contributed by atoms with van der Waals surface area (Å²) in [5, 5.41) is 11.8. The fraction of sp³-hybridized carbons (Fsp3) is 0.429. The number of aromatic nitrogens is 1. The average Bonchev–Trinajstić information content (AvgIpc) is 2.37. The van der Waals surface area contributed by atoms with Gasteiger partial charge in [-0.05, 0) is 31.1 Å². The van der Waals surface area contributed by atoms with Gasteiger partial charge in [0.15, 0.2) is 0 Å². The molecule has 0 aliphatic heterocycles. The Morgan fingerprint density at radius 2 is 2.35 bits per heavy atom. The molecule has 20 heavy (non-hydrogen) atoms. The summed E-state index contributed by atoms with van der Waals surface area (Å²) in [5.41, 5.74) is -0.152. The lowest BCUT2D eigenvalue weighted by molar-refractivity contribution is -0.119. The van der Waals surface area contributed by atoms with Crippen molar-refractivity contribution in [2.45, 2.75) is 18.9 Å². The number of amides is 1. The molecule has 0 radical (unpaired) electrons. The molecule has 1 heterocycles. The summed E-state index contributed by atoms with van der Waals surface area (Å²) in [6.45, 7) is 2.01. The number of aliphatic hydroxyl groups excluding tert-OH is 1. The zero-order chi connectivity index (χ0) is 15.0. The fourth-order valence-corrected chi connectivity index (χ4v) is 1.77. The Labute approximate surface area is 117 Å². The molecule has 0 saturated heterocycles.